The maximum Gasteiger partial charge on any atom is 0.187 e. The van der Waals surface area contributed by atoms with Gasteiger partial charge in [0.15, 0.2) is 44.0 Å². The van der Waals surface area contributed by atoms with Crippen LogP contribution in [0.1, 0.15) is 16.7 Å². The lowest BCUT2D eigenvalue weighted by molar-refractivity contribution is -0.396. The molecule has 524 valence electrons. The molecule has 21 aliphatic rings. The monoisotopic (exact) mass is 1330 g/mol. The Morgan fingerprint density at radius 1 is 0.297 bits per heavy atom. The lowest BCUT2D eigenvalue weighted by Gasteiger charge is -2.50. The van der Waals surface area contributed by atoms with Crippen LogP contribution in [0.2, 0.25) is 0 Å². The van der Waals surface area contributed by atoms with Crippen LogP contribution in [0.15, 0.2) is 12.1 Å². The Morgan fingerprint density at radius 2 is 0.516 bits per heavy atom. The van der Waals surface area contributed by atoms with E-state index in [-0.39, 0.29) is 31.9 Å². The summed E-state index contributed by atoms with van der Waals surface area (Å²) >= 11 is 0. The van der Waals surface area contributed by atoms with Crippen molar-refractivity contribution in [3.05, 3.63) is 28.8 Å². The fourth-order valence-corrected chi connectivity index (χ4v) is 12.3. The van der Waals surface area contributed by atoms with Gasteiger partial charge in [-0.3, -0.25) is 0 Å². The predicted molar refractivity (Wildman–Crippen MR) is 285 cm³/mol. The van der Waals surface area contributed by atoms with E-state index in [1.807, 2.05) is 0 Å². The quantitative estimate of drug-likeness (QED) is 0.0769. The highest BCUT2D eigenvalue weighted by Crippen LogP contribution is 2.39. The summed E-state index contributed by atoms with van der Waals surface area (Å²) in [6.07, 6.45) is -70.3. The number of aliphatic hydroxyl groups excluding tert-OH is 21. The number of hydrogen-bond donors (Lipinski definition) is 24. The molecular weight excluding hydrogens is 1240 g/mol. The van der Waals surface area contributed by atoms with Crippen molar-refractivity contribution in [1.29, 1.82) is 0 Å². The van der Waals surface area contributed by atoms with Gasteiger partial charge in [0.1, 0.15) is 177 Å². The summed E-state index contributed by atoms with van der Waals surface area (Å²) in [5.74, 6) is -0.119. The van der Waals surface area contributed by atoms with Crippen LogP contribution >= 0.6 is 0 Å². The molecule has 21 fully saturated rings. The van der Waals surface area contributed by atoms with E-state index in [4.69, 9.17) is 66.3 Å². The van der Waals surface area contributed by atoms with Crippen molar-refractivity contribution in [2.24, 2.45) is 0 Å². The third-order valence-electron chi connectivity index (χ3n) is 17.3. The Bertz CT molecular complexity index is 2400. The first-order valence-corrected chi connectivity index (χ1v) is 29.6. The van der Waals surface area contributed by atoms with E-state index in [9.17, 15) is 112 Å². The van der Waals surface area contributed by atoms with Gasteiger partial charge in [0, 0.05) is 37.3 Å². The SMILES string of the molecule is Cc1cc(CO)c(O)c(CNCCNC[C@H]2O[C@@H]3O[C@H]4[C@H](O)[C@@H](O)[C@@H](O[C@H]5[C@H](O)[C@@H](O)[C@@H](O[C@H]6[C@H](O)[C@@H](O)[C@@H](O[C@H]7[C@H](O)[C@@H](O)[C@@H](O[C@H]8[C@H](O)[C@@H](O)[C@@H](O[C@H]9[C@H](O)[C@@H](O)[C@@H](O[C@H]2[C@H](O)[C@H]3O)O[C@@H]9CO)O[C@@H]8CO)O[C@@H]7CO)O[C@@H]6CO)O[C@@H]5CO)O[C@@H]4CO)c1. The van der Waals surface area contributed by atoms with Gasteiger partial charge in [-0.15, -0.1) is 0 Å². The number of ether oxygens (including phenoxy) is 14. The average Bonchev–Trinajstić information content (AvgIpc) is 0.797. The van der Waals surface area contributed by atoms with Crippen LogP contribution in [-0.2, 0) is 79.5 Å². The van der Waals surface area contributed by atoms with Crippen molar-refractivity contribution in [3.63, 3.8) is 0 Å². The second kappa shape index (κ2) is 31.8. The molecule has 24 N–H and O–H groups in total. The molecule has 0 spiro atoms. The van der Waals surface area contributed by atoms with Crippen LogP contribution in [0.3, 0.4) is 0 Å². The van der Waals surface area contributed by atoms with Crippen LogP contribution in [0, 0.1) is 6.92 Å². The molecule has 0 aliphatic carbocycles. The van der Waals surface area contributed by atoms with E-state index in [1.165, 1.54) is 0 Å². The molecule has 35 atom stereocenters. The van der Waals surface area contributed by atoms with Crippen molar-refractivity contribution in [2.45, 2.75) is 235 Å². The summed E-state index contributed by atoms with van der Waals surface area (Å²) < 4.78 is 81.5. The van der Waals surface area contributed by atoms with Gasteiger partial charge in [0.25, 0.3) is 0 Å². The minimum atomic E-state index is -2.22. The standard InChI is InChI=1S/C53H86N2O36/c1-15-4-16(25(63)17(5-15)8-56)6-54-2-3-55-7-18-40-26(64)33(71)47(78-18)86-41-19(9-57)80-49(35(73)28(41)66)88-43-21(11-59)82-51(37(75)30(43)68)90-45-23(13-61)84-53(39(77)32(45)70)91-46-24(14-62)83-52(38(76)31(46)69)89-44-22(12-60)81-50(36(74)29(44)67)87-42-20(10-58)79-48(85-40)34(72)27(42)65/h4-5,18-24,26-77H,2-3,6-14H2,1H3/t18-,19-,20-,21-,22-,23-,24-,26-,27-,28-,29-,30-,31-,32-,33-,34-,35-,36-,37-,38-,39-,40-,41-,42-,43-,44-,45-,46-,47-,48-,49-,50-,51-,52-,53-/m1/s1. The van der Waals surface area contributed by atoms with E-state index in [2.05, 4.69) is 10.6 Å². The molecule has 38 heteroatoms. The Morgan fingerprint density at radius 3 is 0.758 bits per heavy atom. The maximum atomic E-state index is 11.9. The summed E-state index contributed by atoms with van der Waals surface area (Å²) in [4.78, 5) is 0. The Labute approximate surface area is 517 Å². The van der Waals surface area contributed by atoms with Crippen molar-refractivity contribution < 1.29 is 179 Å². The van der Waals surface area contributed by atoms with Gasteiger partial charge in [0.2, 0.25) is 0 Å². The van der Waals surface area contributed by atoms with Crippen molar-refractivity contribution in [2.75, 3.05) is 59.3 Å². The lowest BCUT2D eigenvalue weighted by atomic mass is 9.95. The molecule has 21 saturated heterocycles. The summed E-state index contributed by atoms with van der Waals surface area (Å²) in [6.45, 7) is -4.88. The van der Waals surface area contributed by atoms with E-state index in [1.54, 1.807) is 19.1 Å². The van der Waals surface area contributed by atoms with Crippen LogP contribution < -0.4 is 10.6 Å². The first-order chi connectivity index (χ1) is 43.4. The Balaban J connectivity index is 0.990. The average molecular weight is 1330 g/mol. The number of hydrogen-bond acceptors (Lipinski definition) is 38. The van der Waals surface area contributed by atoms with E-state index < -0.39 is 261 Å². The number of phenols is 1. The normalized spacial score (nSPS) is 48.7. The number of aliphatic hydroxyl groups is 21. The fraction of sp³-hybridized carbons (Fsp3) is 0.887. The third-order valence-corrected chi connectivity index (χ3v) is 17.3. The van der Waals surface area contributed by atoms with Gasteiger partial charge < -0.3 is 189 Å². The molecule has 91 heavy (non-hydrogen) atoms. The molecule has 21 aliphatic heterocycles. The van der Waals surface area contributed by atoms with Gasteiger partial charge in [0.05, 0.1) is 46.2 Å². The first-order valence-electron chi connectivity index (χ1n) is 29.6. The van der Waals surface area contributed by atoms with Gasteiger partial charge in [-0.05, 0) is 6.92 Å². The summed E-state index contributed by atoms with van der Waals surface area (Å²) in [7, 11) is 0. The second-order valence-electron chi connectivity index (χ2n) is 23.4. The molecule has 0 amide bonds. The van der Waals surface area contributed by atoms with Crippen molar-refractivity contribution in [1.82, 2.24) is 10.6 Å². The van der Waals surface area contributed by atoms with E-state index in [0.717, 1.165) is 5.56 Å². The van der Waals surface area contributed by atoms with Gasteiger partial charge in [-0.2, -0.15) is 0 Å². The molecule has 0 unspecified atom stereocenters. The minimum absolute atomic E-state index is 0.0988. The minimum Gasteiger partial charge on any atom is -0.507 e. The first kappa shape index (κ1) is 72.8. The predicted octanol–water partition coefficient (Wildman–Crippen LogP) is -14.3. The summed E-state index contributed by atoms with van der Waals surface area (Å²) in [5.41, 5.74) is 1.54. The van der Waals surface area contributed by atoms with Gasteiger partial charge in [-0.1, -0.05) is 17.7 Å². The molecule has 14 bridgehead atoms. The van der Waals surface area contributed by atoms with Crippen LogP contribution in [0.4, 0.5) is 0 Å². The van der Waals surface area contributed by atoms with Gasteiger partial charge >= 0.3 is 0 Å². The van der Waals surface area contributed by atoms with E-state index >= 15 is 0 Å². The number of aryl methyl sites for hydroxylation is 1. The van der Waals surface area contributed by atoms with Crippen LogP contribution in [-0.4, -0.2) is 387 Å². The molecule has 38 nitrogen and oxygen atoms in total. The van der Waals surface area contributed by atoms with Crippen LogP contribution in [0.5, 0.6) is 5.75 Å². The molecule has 0 radical (unpaired) electrons. The number of aromatic hydroxyl groups is 1. The molecular formula is C53H86N2O36. The Kier molecular flexibility index (Phi) is 25.5. The highest BCUT2D eigenvalue weighted by Gasteiger charge is 2.59. The van der Waals surface area contributed by atoms with E-state index in [0.29, 0.717) is 11.1 Å². The topological polar surface area (TPSA) is 598 Å². The summed E-state index contributed by atoms with van der Waals surface area (Å²) in [6, 6.07) is 3.32. The number of rotatable bonds is 14. The molecule has 21 heterocycles. The van der Waals surface area contributed by atoms with Crippen molar-refractivity contribution in [3.8, 4) is 5.75 Å². The Hall–Kier alpha value is -2.46. The maximum absolute atomic E-state index is 11.9. The lowest BCUT2D eigenvalue weighted by Crippen LogP contribution is -2.68. The smallest absolute Gasteiger partial charge is 0.187 e. The highest BCUT2D eigenvalue weighted by molar-refractivity contribution is 5.43. The molecule has 0 saturated carbocycles. The largest absolute Gasteiger partial charge is 0.507 e. The van der Waals surface area contributed by atoms with Crippen LogP contribution in [0.25, 0.3) is 0 Å². The number of nitrogens with one attached hydrogen (secondary N) is 2. The number of benzene rings is 1. The molecule has 22 rings (SSSR count). The molecule has 0 aromatic heterocycles. The zero-order valence-electron chi connectivity index (χ0n) is 48.7. The molecule has 1 aromatic carbocycles. The van der Waals surface area contributed by atoms with Crippen molar-refractivity contribution >= 4 is 0 Å². The second-order valence-corrected chi connectivity index (χ2v) is 23.4. The zero-order chi connectivity index (χ0) is 66.0. The zero-order valence-corrected chi connectivity index (χ0v) is 48.7. The highest BCUT2D eigenvalue weighted by atomic mass is 16.8. The van der Waals surface area contributed by atoms with Gasteiger partial charge in [-0.25, -0.2) is 0 Å². The summed E-state index contributed by atoms with van der Waals surface area (Å²) in [5, 5.41) is 251. The fourth-order valence-electron chi connectivity index (χ4n) is 12.3. The third kappa shape index (κ3) is 15.3. The molecule has 1 aromatic rings.